The number of thiazole rings is 1. The Labute approximate surface area is 130 Å². The third-order valence-electron chi connectivity index (χ3n) is 3.22. The Kier molecular flexibility index (Phi) is 5.29. The summed E-state index contributed by atoms with van der Waals surface area (Å²) >= 11 is 1.75. The number of aliphatic carboxylic acids is 2. The highest BCUT2D eigenvalue weighted by Gasteiger charge is 2.24. The van der Waals surface area contributed by atoms with Crippen LogP contribution in [0.1, 0.15) is 17.3 Å². The van der Waals surface area contributed by atoms with Crippen molar-refractivity contribution < 1.29 is 24.2 Å². The van der Waals surface area contributed by atoms with Crippen molar-refractivity contribution in [2.24, 2.45) is 0 Å². The summed E-state index contributed by atoms with van der Waals surface area (Å²) in [7, 11) is 2.17. The smallest absolute Gasteiger partial charge is 0.414 e. The summed E-state index contributed by atoms with van der Waals surface area (Å²) in [5, 5.41) is 18.1. The predicted octanol–water partition coefficient (Wildman–Crippen LogP) is 1.98. The Bertz CT molecular complexity index is 625. The molecule has 0 amide bonds. The first-order chi connectivity index (χ1) is 10.5. The summed E-state index contributed by atoms with van der Waals surface area (Å²) < 4.78 is 5.35. The molecule has 1 atom stereocenters. The molecule has 0 aliphatic carbocycles. The SMILES string of the molecule is CN1CCC(c2nc(-c3ccco3)cs2)C1.O=C(O)C(=O)O. The van der Waals surface area contributed by atoms with E-state index in [1.807, 2.05) is 12.1 Å². The molecule has 1 aliphatic rings. The molecule has 1 fully saturated rings. The van der Waals surface area contributed by atoms with Gasteiger partial charge in [0.25, 0.3) is 0 Å². The van der Waals surface area contributed by atoms with Crippen molar-refractivity contribution in [3.05, 3.63) is 28.8 Å². The van der Waals surface area contributed by atoms with Crippen molar-refractivity contribution in [1.82, 2.24) is 9.88 Å². The minimum absolute atomic E-state index is 0.610. The van der Waals surface area contributed by atoms with E-state index >= 15 is 0 Å². The molecule has 0 spiro atoms. The largest absolute Gasteiger partial charge is 0.473 e. The predicted molar refractivity (Wildman–Crippen MR) is 79.9 cm³/mol. The summed E-state index contributed by atoms with van der Waals surface area (Å²) in [5.41, 5.74) is 0.972. The average Bonchev–Trinajstić information content (AvgIpc) is 3.19. The minimum atomic E-state index is -1.82. The monoisotopic (exact) mass is 324 g/mol. The van der Waals surface area contributed by atoms with Crippen molar-refractivity contribution >= 4 is 23.3 Å². The topological polar surface area (TPSA) is 104 Å². The molecule has 2 aromatic rings. The first kappa shape index (κ1) is 16.2. The van der Waals surface area contributed by atoms with E-state index in [1.54, 1.807) is 17.6 Å². The average molecular weight is 324 g/mol. The van der Waals surface area contributed by atoms with E-state index in [4.69, 9.17) is 24.2 Å². The van der Waals surface area contributed by atoms with Gasteiger partial charge in [0.2, 0.25) is 0 Å². The van der Waals surface area contributed by atoms with E-state index in [-0.39, 0.29) is 0 Å². The van der Waals surface area contributed by atoms with Crippen molar-refractivity contribution in [1.29, 1.82) is 0 Å². The maximum absolute atomic E-state index is 9.10. The molecule has 0 radical (unpaired) electrons. The van der Waals surface area contributed by atoms with Gasteiger partial charge in [-0.25, -0.2) is 14.6 Å². The molecule has 0 bridgehead atoms. The Hall–Kier alpha value is -2.19. The number of carboxylic acids is 2. The summed E-state index contributed by atoms with van der Waals surface area (Å²) in [5.74, 6) is -2.17. The molecule has 0 saturated carbocycles. The molecule has 1 aliphatic heterocycles. The Balaban J connectivity index is 0.000000254. The van der Waals surface area contributed by atoms with E-state index < -0.39 is 11.9 Å². The summed E-state index contributed by atoms with van der Waals surface area (Å²) in [6, 6.07) is 3.86. The quantitative estimate of drug-likeness (QED) is 0.814. The number of aromatic nitrogens is 1. The molecule has 8 heteroatoms. The molecule has 0 aromatic carbocycles. The first-order valence-corrected chi connectivity index (χ1v) is 7.49. The number of nitrogens with zero attached hydrogens (tertiary/aromatic N) is 2. The van der Waals surface area contributed by atoms with Gasteiger partial charge in [-0.3, -0.25) is 0 Å². The highest BCUT2D eigenvalue weighted by atomic mass is 32.1. The lowest BCUT2D eigenvalue weighted by molar-refractivity contribution is -0.159. The molecule has 2 aromatic heterocycles. The van der Waals surface area contributed by atoms with Crippen molar-refractivity contribution in [2.75, 3.05) is 20.1 Å². The van der Waals surface area contributed by atoms with Gasteiger partial charge in [0.15, 0.2) is 5.76 Å². The second-order valence-corrected chi connectivity index (χ2v) is 5.80. The Morgan fingerprint density at radius 2 is 2.14 bits per heavy atom. The zero-order chi connectivity index (χ0) is 16.1. The molecule has 1 saturated heterocycles. The number of likely N-dealkylation sites (tertiary alicyclic amines) is 1. The van der Waals surface area contributed by atoms with Gasteiger partial charge in [-0.15, -0.1) is 11.3 Å². The van der Waals surface area contributed by atoms with Crippen LogP contribution in [0.15, 0.2) is 28.2 Å². The first-order valence-electron chi connectivity index (χ1n) is 6.61. The van der Waals surface area contributed by atoms with Crippen LogP contribution in [0, 0.1) is 0 Å². The number of carboxylic acid groups (broad SMARTS) is 2. The van der Waals surface area contributed by atoms with Gasteiger partial charge < -0.3 is 19.5 Å². The minimum Gasteiger partial charge on any atom is -0.473 e. The van der Waals surface area contributed by atoms with E-state index in [9.17, 15) is 0 Å². The van der Waals surface area contributed by atoms with E-state index in [0.717, 1.165) is 18.0 Å². The summed E-state index contributed by atoms with van der Waals surface area (Å²) in [4.78, 5) is 25.2. The number of hydrogen-bond donors (Lipinski definition) is 2. The third-order valence-corrected chi connectivity index (χ3v) is 4.23. The molecular weight excluding hydrogens is 308 g/mol. The van der Waals surface area contributed by atoms with Crippen LogP contribution in [0.5, 0.6) is 0 Å². The van der Waals surface area contributed by atoms with Crippen molar-refractivity contribution in [3.8, 4) is 11.5 Å². The third kappa shape index (κ3) is 4.15. The second kappa shape index (κ2) is 7.19. The molecule has 1 unspecified atom stereocenters. The zero-order valence-corrected chi connectivity index (χ0v) is 12.7. The number of carbonyl (C=O) groups is 2. The van der Waals surface area contributed by atoms with Crippen LogP contribution < -0.4 is 0 Å². The molecule has 7 nitrogen and oxygen atoms in total. The molecule has 118 valence electrons. The van der Waals surface area contributed by atoms with Crippen LogP contribution in [0.2, 0.25) is 0 Å². The van der Waals surface area contributed by atoms with E-state index in [2.05, 4.69) is 22.3 Å². The Morgan fingerprint density at radius 3 is 2.64 bits per heavy atom. The summed E-state index contributed by atoms with van der Waals surface area (Å²) in [6.45, 7) is 2.31. The number of hydrogen-bond acceptors (Lipinski definition) is 6. The molecule has 3 rings (SSSR count). The number of likely N-dealkylation sites (N-methyl/N-ethyl adjacent to an activating group) is 1. The van der Waals surface area contributed by atoms with Gasteiger partial charge in [-0.1, -0.05) is 0 Å². The fourth-order valence-corrected chi connectivity index (χ4v) is 3.09. The number of furan rings is 1. The lowest BCUT2D eigenvalue weighted by atomic mass is 10.1. The maximum Gasteiger partial charge on any atom is 0.414 e. The van der Waals surface area contributed by atoms with Crippen LogP contribution in [-0.2, 0) is 9.59 Å². The van der Waals surface area contributed by atoms with Crippen molar-refractivity contribution in [3.63, 3.8) is 0 Å². The molecular formula is C14H16N2O5S. The van der Waals surface area contributed by atoms with Gasteiger partial charge in [0, 0.05) is 17.8 Å². The van der Waals surface area contributed by atoms with E-state index in [0.29, 0.717) is 5.92 Å². The fraction of sp³-hybridized carbons (Fsp3) is 0.357. The standard InChI is InChI=1S/C12H14N2OS.C2H2O4/c1-14-5-4-9(7-14)12-13-10(8-16-12)11-3-2-6-15-11;3-1(4)2(5)6/h2-3,6,8-9H,4-5,7H2,1H3;(H,3,4)(H,5,6). The van der Waals surface area contributed by atoms with Crippen LogP contribution in [0.4, 0.5) is 0 Å². The van der Waals surface area contributed by atoms with Gasteiger partial charge in [0.05, 0.1) is 11.3 Å². The molecule has 3 heterocycles. The fourth-order valence-electron chi connectivity index (χ4n) is 2.15. The zero-order valence-electron chi connectivity index (χ0n) is 11.9. The highest BCUT2D eigenvalue weighted by molar-refractivity contribution is 7.10. The van der Waals surface area contributed by atoms with Crippen LogP contribution in [-0.4, -0.2) is 52.2 Å². The van der Waals surface area contributed by atoms with Gasteiger partial charge in [-0.2, -0.15) is 0 Å². The van der Waals surface area contributed by atoms with Crippen LogP contribution in [0.3, 0.4) is 0 Å². The van der Waals surface area contributed by atoms with Crippen molar-refractivity contribution in [2.45, 2.75) is 12.3 Å². The summed E-state index contributed by atoms with van der Waals surface area (Å²) in [6.07, 6.45) is 2.92. The van der Waals surface area contributed by atoms with Gasteiger partial charge in [-0.05, 0) is 32.1 Å². The van der Waals surface area contributed by atoms with E-state index in [1.165, 1.54) is 18.0 Å². The Morgan fingerprint density at radius 1 is 1.41 bits per heavy atom. The lowest BCUT2D eigenvalue weighted by Crippen LogP contribution is -2.13. The molecule has 22 heavy (non-hydrogen) atoms. The second-order valence-electron chi connectivity index (χ2n) is 4.91. The molecule has 2 N–H and O–H groups in total. The lowest BCUT2D eigenvalue weighted by Gasteiger charge is -2.06. The number of rotatable bonds is 2. The maximum atomic E-state index is 9.10. The normalized spacial score (nSPS) is 17.8. The highest BCUT2D eigenvalue weighted by Crippen LogP contribution is 2.31. The van der Waals surface area contributed by atoms with Crippen LogP contribution >= 0.6 is 11.3 Å². The van der Waals surface area contributed by atoms with Gasteiger partial charge in [0.1, 0.15) is 5.69 Å². The van der Waals surface area contributed by atoms with Crippen LogP contribution in [0.25, 0.3) is 11.5 Å². The van der Waals surface area contributed by atoms with Gasteiger partial charge >= 0.3 is 11.9 Å².